The molecule has 0 aliphatic carbocycles. The third kappa shape index (κ3) is 3.26. The summed E-state index contributed by atoms with van der Waals surface area (Å²) in [6.45, 7) is 8.61. The molecule has 2 rings (SSSR count). The fraction of sp³-hybridized carbons (Fsp3) is 0.294. The minimum Gasteiger partial charge on any atom is -0.397 e. The highest BCUT2D eigenvalue weighted by Crippen LogP contribution is 2.32. The van der Waals surface area contributed by atoms with Gasteiger partial charge in [0.15, 0.2) is 0 Å². The summed E-state index contributed by atoms with van der Waals surface area (Å²) in [6.07, 6.45) is 0. The lowest BCUT2D eigenvalue weighted by Crippen LogP contribution is -2.10. The van der Waals surface area contributed by atoms with Gasteiger partial charge in [0.05, 0.1) is 16.4 Å². The van der Waals surface area contributed by atoms with Gasteiger partial charge in [0, 0.05) is 5.69 Å². The lowest BCUT2D eigenvalue weighted by atomic mass is 9.87. The Hall–Kier alpha value is -1.67. The molecule has 0 saturated heterocycles. The molecular weight excluding hydrogens is 268 g/mol. The largest absolute Gasteiger partial charge is 0.397 e. The summed E-state index contributed by atoms with van der Waals surface area (Å²) < 4.78 is 0. The Morgan fingerprint density at radius 1 is 1.05 bits per heavy atom. The van der Waals surface area contributed by atoms with Gasteiger partial charge in [-0.2, -0.15) is 0 Å². The zero-order valence-corrected chi connectivity index (χ0v) is 13.2. The van der Waals surface area contributed by atoms with Crippen molar-refractivity contribution in [1.29, 1.82) is 0 Å². The Balaban J connectivity index is 2.27. The zero-order valence-electron chi connectivity index (χ0n) is 12.4. The zero-order chi connectivity index (χ0) is 14.9. The Morgan fingerprint density at radius 3 is 2.20 bits per heavy atom. The van der Waals surface area contributed by atoms with Crippen LogP contribution in [0.25, 0.3) is 0 Å². The second-order valence-electron chi connectivity index (χ2n) is 6.17. The van der Waals surface area contributed by atoms with E-state index < -0.39 is 0 Å². The lowest BCUT2D eigenvalue weighted by molar-refractivity contribution is 0.590. The molecule has 2 nitrogen and oxygen atoms in total. The lowest BCUT2D eigenvalue weighted by Gasteiger charge is -2.19. The molecule has 106 valence electrons. The first-order valence-corrected chi connectivity index (χ1v) is 7.08. The van der Waals surface area contributed by atoms with E-state index in [9.17, 15) is 0 Å². The van der Waals surface area contributed by atoms with E-state index in [1.165, 1.54) is 5.56 Å². The van der Waals surface area contributed by atoms with Gasteiger partial charge in [-0.1, -0.05) is 44.5 Å². The summed E-state index contributed by atoms with van der Waals surface area (Å²) in [5.41, 5.74) is 10.9. The molecule has 3 N–H and O–H groups in total. The first kappa shape index (κ1) is 14.7. The van der Waals surface area contributed by atoms with Crippen LogP contribution in [0.5, 0.6) is 0 Å². The Kier molecular flexibility index (Phi) is 3.96. The predicted molar refractivity (Wildman–Crippen MR) is 89.0 cm³/mol. The van der Waals surface area contributed by atoms with Gasteiger partial charge in [0.1, 0.15) is 0 Å². The number of nitrogens with two attached hydrogens (primary N) is 1. The van der Waals surface area contributed by atoms with Crippen LogP contribution in [-0.2, 0) is 5.41 Å². The summed E-state index contributed by atoms with van der Waals surface area (Å²) in [5, 5.41) is 3.89. The van der Waals surface area contributed by atoms with Crippen LogP contribution in [0.1, 0.15) is 31.9 Å². The second kappa shape index (κ2) is 5.37. The van der Waals surface area contributed by atoms with Crippen LogP contribution >= 0.6 is 11.6 Å². The molecule has 0 aliphatic heterocycles. The van der Waals surface area contributed by atoms with Crippen molar-refractivity contribution < 1.29 is 0 Å². The Labute approximate surface area is 126 Å². The third-order valence-corrected chi connectivity index (χ3v) is 3.70. The number of hydrogen-bond acceptors (Lipinski definition) is 2. The second-order valence-corrected chi connectivity index (χ2v) is 6.55. The van der Waals surface area contributed by atoms with Crippen molar-refractivity contribution in [1.82, 2.24) is 0 Å². The Bertz CT molecular complexity index is 610. The van der Waals surface area contributed by atoms with Gasteiger partial charge in [-0.05, 0) is 47.7 Å². The molecule has 0 saturated carbocycles. The van der Waals surface area contributed by atoms with E-state index in [1.807, 2.05) is 19.1 Å². The van der Waals surface area contributed by atoms with E-state index in [0.717, 1.165) is 16.9 Å². The van der Waals surface area contributed by atoms with Gasteiger partial charge in [0.25, 0.3) is 0 Å². The SMILES string of the molecule is Cc1cc(N)c(Cl)c(Nc2ccc(C(C)(C)C)cc2)c1. The standard InChI is InChI=1S/C17H21ClN2/c1-11-9-14(19)16(18)15(10-11)20-13-7-5-12(6-8-13)17(2,3)4/h5-10,20H,19H2,1-4H3. The van der Waals surface area contributed by atoms with Crippen molar-refractivity contribution in [2.75, 3.05) is 11.1 Å². The molecule has 20 heavy (non-hydrogen) atoms. The van der Waals surface area contributed by atoms with Crippen LogP contribution in [0, 0.1) is 6.92 Å². The summed E-state index contributed by atoms with van der Waals surface area (Å²) in [4.78, 5) is 0. The monoisotopic (exact) mass is 288 g/mol. The molecule has 0 aliphatic rings. The topological polar surface area (TPSA) is 38.0 Å². The van der Waals surface area contributed by atoms with Crippen molar-refractivity contribution in [3.63, 3.8) is 0 Å². The fourth-order valence-electron chi connectivity index (χ4n) is 2.10. The highest BCUT2D eigenvalue weighted by molar-refractivity contribution is 6.35. The molecular formula is C17H21ClN2. The maximum atomic E-state index is 6.23. The highest BCUT2D eigenvalue weighted by Gasteiger charge is 2.13. The molecule has 2 aromatic rings. The van der Waals surface area contributed by atoms with Crippen LogP contribution in [0.15, 0.2) is 36.4 Å². The number of anilines is 3. The van der Waals surface area contributed by atoms with E-state index in [4.69, 9.17) is 17.3 Å². The number of rotatable bonds is 2. The van der Waals surface area contributed by atoms with E-state index in [0.29, 0.717) is 10.7 Å². The summed E-state index contributed by atoms with van der Waals surface area (Å²) in [6, 6.07) is 12.3. The van der Waals surface area contributed by atoms with Gasteiger partial charge < -0.3 is 11.1 Å². The molecule has 0 unspecified atom stereocenters. The van der Waals surface area contributed by atoms with Gasteiger partial charge >= 0.3 is 0 Å². The van der Waals surface area contributed by atoms with Crippen molar-refractivity contribution in [2.45, 2.75) is 33.1 Å². The van der Waals surface area contributed by atoms with Crippen LogP contribution in [-0.4, -0.2) is 0 Å². The first-order chi connectivity index (χ1) is 9.27. The van der Waals surface area contributed by atoms with E-state index in [-0.39, 0.29) is 5.41 Å². The molecule has 0 bridgehead atoms. The van der Waals surface area contributed by atoms with Crippen LogP contribution < -0.4 is 11.1 Å². The number of nitrogen functional groups attached to an aromatic ring is 1. The minimum atomic E-state index is 0.157. The van der Waals surface area contributed by atoms with E-state index in [1.54, 1.807) is 0 Å². The molecule has 0 spiro atoms. The van der Waals surface area contributed by atoms with Gasteiger partial charge in [-0.15, -0.1) is 0 Å². The number of hydrogen-bond donors (Lipinski definition) is 2. The van der Waals surface area contributed by atoms with Crippen molar-refractivity contribution in [3.05, 3.63) is 52.5 Å². The maximum Gasteiger partial charge on any atom is 0.0870 e. The Morgan fingerprint density at radius 2 is 1.65 bits per heavy atom. The van der Waals surface area contributed by atoms with Crippen LogP contribution in [0.2, 0.25) is 5.02 Å². The quantitative estimate of drug-likeness (QED) is 0.739. The molecule has 0 aromatic heterocycles. The van der Waals surface area contributed by atoms with Crippen LogP contribution in [0.3, 0.4) is 0 Å². The molecule has 0 amide bonds. The van der Waals surface area contributed by atoms with Crippen molar-refractivity contribution in [2.24, 2.45) is 0 Å². The van der Waals surface area contributed by atoms with E-state index >= 15 is 0 Å². The van der Waals surface area contributed by atoms with E-state index in [2.05, 4.69) is 50.4 Å². The van der Waals surface area contributed by atoms with Crippen molar-refractivity contribution in [3.8, 4) is 0 Å². The van der Waals surface area contributed by atoms with Crippen LogP contribution in [0.4, 0.5) is 17.1 Å². The summed E-state index contributed by atoms with van der Waals surface area (Å²) in [7, 11) is 0. The molecule has 0 atom stereocenters. The fourth-order valence-corrected chi connectivity index (χ4v) is 2.25. The average molecular weight is 289 g/mol. The maximum absolute atomic E-state index is 6.23. The molecule has 0 fully saturated rings. The first-order valence-electron chi connectivity index (χ1n) is 6.70. The number of halogens is 1. The summed E-state index contributed by atoms with van der Waals surface area (Å²) in [5.74, 6) is 0. The highest BCUT2D eigenvalue weighted by atomic mass is 35.5. The number of nitrogens with one attached hydrogen (secondary N) is 1. The van der Waals surface area contributed by atoms with Gasteiger partial charge in [-0.25, -0.2) is 0 Å². The molecule has 2 aromatic carbocycles. The molecule has 3 heteroatoms. The third-order valence-electron chi connectivity index (χ3n) is 3.28. The van der Waals surface area contributed by atoms with Gasteiger partial charge in [0.2, 0.25) is 0 Å². The van der Waals surface area contributed by atoms with Crippen molar-refractivity contribution >= 4 is 28.7 Å². The predicted octanol–water partition coefficient (Wildman–Crippen LogP) is 5.27. The summed E-state index contributed by atoms with van der Waals surface area (Å²) >= 11 is 6.23. The average Bonchev–Trinajstić information content (AvgIpc) is 2.35. The number of benzene rings is 2. The smallest absolute Gasteiger partial charge is 0.0870 e. The van der Waals surface area contributed by atoms with Gasteiger partial charge in [-0.3, -0.25) is 0 Å². The molecule has 0 heterocycles. The normalized spacial score (nSPS) is 11.4. The molecule has 0 radical (unpaired) electrons. The minimum absolute atomic E-state index is 0.157. The number of aryl methyl sites for hydroxylation is 1.